The number of halogens is 1. The number of rotatable bonds is 6. The average Bonchev–Trinajstić information content (AvgIpc) is 2.91. The van der Waals surface area contributed by atoms with Gasteiger partial charge in [-0.3, -0.25) is 0 Å². The van der Waals surface area contributed by atoms with Gasteiger partial charge in [0, 0.05) is 24.5 Å². The molecule has 10 heteroatoms. The van der Waals surface area contributed by atoms with Gasteiger partial charge in [-0.2, -0.15) is 0 Å². The lowest BCUT2D eigenvalue weighted by Gasteiger charge is -2.07. The van der Waals surface area contributed by atoms with Crippen molar-refractivity contribution < 1.29 is 8.42 Å². The molecule has 0 aliphatic rings. The summed E-state index contributed by atoms with van der Waals surface area (Å²) in [6, 6.07) is 1.29. The maximum absolute atomic E-state index is 12.0. The Morgan fingerprint density at radius 2 is 2.20 bits per heavy atom. The van der Waals surface area contributed by atoms with Crippen LogP contribution >= 0.6 is 22.9 Å². The first-order chi connectivity index (χ1) is 9.53. The van der Waals surface area contributed by atoms with Gasteiger partial charge in [0.1, 0.15) is 4.90 Å². The van der Waals surface area contributed by atoms with Gasteiger partial charge in [0.15, 0.2) is 5.82 Å². The third-order valence-electron chi connectivity index (χ3n) is 2.42. The molecular formula is C10H12ClN5O2S2. The van der Waals surface area contributed by atoms with Crippen LogP contribution < -0.4 is 16.0 Å². The molecule has 108 valence electrons. The molecule has 0 spiro atoms. The number of nitrogens with one attached hydrogen (secondary N) is 2. The fraction of sp³-hybridized carbons (Fsp3) is 0.200. The van der Waals surface area contributed by atoms with Crippen LogP contribution in [0.15, 0.2) is 28.0 Å². The minimum absolute atomic E-state index is 0.0141. The standard InChI is InChI=1S/C10H12ClN5O2S2/c11-9-3-8(4-13-10(9)16-12)20(17,18)15-2-1-7-5-19-6-14-7/h3-6,15H,1-2,12H2,(H,13,16). The molecule has 2 aromatic rings. The molecular weight excluding hydrogens is 322 g/mol. The summed E-state index contributed by atoms with van der Waals surface area (Å²) in [7, 11) is -3.65. The fourth-order valence-corrected chi connectivity index (χ4v) is 3.31. The number of sulfonamides is 1. The van der Waals surface area contributed by atoms with Crippen LogP contribution in [0.2, 0.25) is 5.02 Å². The summed E-state index contributed by atoms with van der Waals surface area (Å²) in [5, 5.41) is 2.00. The molecule has 0 unspecified atom stereocenters. The van der Waals surface area contributed by atoms with Crippen molar-refractivity contribution in [1.82, 2.24) is 14.7 Å². The van der Waals surface area contributed by atoms with E-state index in [1.54, 1.807) is 5.51 Å². The highest BCUT2D eigenvalue weighted by molar-refractivity contribution is 7.89. The number of nitrogens with zero attached hydrogens (tertiary/aromatic N) is 2. The molecule has 0 atom stereocenters. The Balaban J connectivity index is 2.04. The monoisotopic (exact) mass is 333 g/mol. The van der Waals surface area contributed by atoms with Crippen LogP contribution in [0, 0.1) is 0 Å². The first-order valence-corrected chi connectivity index (χ1v) is 8.32. The highest BCUT2D eigenvalue weighted by atomic mass is 35.5. The molecule has 0 bridgehead atoms. The fourth-order valence-electron chi connectivity index (χ4n) is 1.43. The summed E-state index contributed by atoms with van der Waals surface area (Å²) < 4.78 is 26.5. The predicted molar refractivity (Wildman–Crippen MR) is 78.1 cm³/mol. The van der Waals surface area contributed by atoms with E-state index in [9.17, 15) is 8.42 Å². The van der Waals surface area contributed by atoms with E-state index in [1.165, 1.54) is 23.6 Å². The highest BCUT2D eigenvalue weighted by Gasteiger charge is 2.16. The zero-order valence-electron chi connectivity index (χ0n) is 10.2. The van der Waals surface area contributed by atoms with Crippen LogP contribution in [-0.2, 0) is 16.4 Å². The number of hydrogen-bond acceptors (Lipinski definition) is 7. The number of thiazole rings is 1. The van der Waals surface area contributed by atoms with E-state index < -0.39 is 10.0 Å². The summed E-state index contributed by atoms with van der Waals surface area (Å²) in [6.45, 7) is 0.251. The molecule has 2 heterocycles. The lowest BCUT2D eigenvalue weighted by Crippen LogP contribution is -2.26. The SMILES string of the molecule is NNc1ncc(S(=O)(=O)NCCc2cscn2)cc1Cl. The molecule has 0 aliphatic heterocycles. The minimum Gasteiger partial charge on any atom is -0.307 e. The maximum Gasteiger partial charge on any atom is 0.242 e. The summed E-state index contributed by atoms with van der Waals surface area (Å²) in [5.74, 6) is 5.39. The largest absolute Gasteiger partial charge is 0.307 e. The van der Waals surface area contributed by atoms with Gasteiger partial charge in [0.25, 0.3) is 0 Å². The Kier molecular flexibility index (Phi) is 4.89. The Labute approximate surface area is 125 Å². The number of nitrogens with two attached hydrogens (primary N) is 1. The zero-order valence-corrected chi connectivity index (χ0v) is 12.6. The van der Waals surface area contributed by atoms with E-state index in [4.69, 9.17) is 17.4 Å². The van der Waals surface area contributed by atoms with Crippen LogP contribution in [-0.4, -0.2) is 24.9 Å². The molecule has 0 fully saturated rings. The van der Waals surface area contributed by atoms with E-state index in [0.29, 0.717) is 6.42 Å². The normalized spacial score (nSPS) is 11.5. The lowest BCUT2D eigenvalue weighted by atomic mass is 10.3. The maximum atomic E-state index is 12.0. The van der Waals surface area contributed by atoms with E-state index >= 15 is 0 Å². The molecule has 4 N–H and O–H groups in total. The van der Waals surface area contributed by atoms with Crippen LogP contribution in [0.4, 0.5) is 5.82 Å². The van der Waals surface area contributed by atoms with Gasteiger partial charge in [-0.15, -0.1) is 11.3 Å². The number of nitrogen functional groups attached to an aromatic ring is 1. The van der Waals surface area contributed by atoms with E-state index in [0.717, 1.165) is 5.69 Å². The summed E-state index contributed by atoms with van der Waals surface area (Å²) in [6.07, 6.45) is 1.71. The topological polar surface area (TPSA) is 110 Å². The zero-order chi connectivity index (χ0) is 14.6. The van der Waals surface area contributed by atoms with Crippen molar-refractivity contribution in [2.45, 2.75) is 11.3 Å². The van der Waals surface area contributed by atoms with Gasteiger partial charge in [-0.1, -0.05) is 11.6 Å². The van der Waals surface area contributed by atoms with Gasteiger partial charge in [0.2, 0.25) is 10.0 Å². The molecule has 20 heavy (non-hydrogen) atoms. The second-order valence-corrected chi connectivity index (χ2v) is 6.67. The Morgan fingerprint density at radius 3 is 2.80 bits per heavy atom. The van der Waals surface area contributed by atoms with Crippen LogP contribution in [0.5, 0.6) is 0 Å². The number of anilines is 1. The second kappa shape index (κ2) is 6.46. The Morgan fingerprint density at radius 1 is 1.40 bits per heavy atom. The quantitative estimate of drug-likeness (QED) is 0.537. The van der Waals surface area contributed by atoms with Gasteiger partial charge >= 0.3 is 0 Å². The third-order valence-corrected chi connectivity index (χ3v) is 4.77. The van der Waals surface area contributed by atoms with Gasteiger partial charge in [0.05, 0.1) is 16.2 Å². The summed E-state index contributed by atoms with van der Waals surface area (Å²) >= 11 is 7.31. The Bertz CT molecular complexity index is 675. The number of hydrazine groups is 1. The third kappa shape index (κ3) is 3.64. The summed E-state index contributed by atoms with van der Waals surface area (Å²) in [5.41, 5.74) is 4.81. The molecule has 0 aromatic carbocycles. The molecule has 0 radical (unpaired) electrons. The van der Waals surface area contributed by atoms with Gasteiger partial charge < -0.3 is 5.43 Å². The highest BCUT2D eigenvalue weighted by Crippen LogP contribution is 2.21. The molecule has 0 saturated carbocycles. The van der Waals surface area contributed by atoms with E-state index in [-0.39, 0.29) is 22.3 Å². The Hall–Kier alpha value is -1.26. The molecule has 2 aromatic heterocycles. The van der Waals surface area contributed by atoms with E-state index in [1.807, 2.05) is 5.38 Å². The molecule has 0 aliphatic carbocycles. The van der Waals surface area contributed by atoms with E-state index in [2.05, 4.69) is 20.1 Å². The smallest absolute Gasteiger partial charge is 0.242 e. The lowest BCUT2D eigenvalue weighted by molar-refractivity contribution is 0.581. The van der Waals surface area contributed by atoms with Crippen LogP contribution in [0.1, 0.15) is 5.69 Å². The van der Waals surface area contributed by atoms with Crippen LogP contribution in [0.3, 0.4) is 0 Å². The summed E-state index contributed by atoms with van der Waals surface area (Å²) in [4.78, 5) is 7.88. The predicted octanol–water partition coefficient (Wildman–Crippen LogP) is 0.998. The van der Waals surface area contributed by atoms with Crippen LogP contribution in [0.25, 0.3) is 0 Å². The van der Waals surface area contributed by atoms with Gasteiger partial charge in [-0.25, -0.2) is 29.0 Å². The first kappa shape index (κ1) is 15.1. The van der Waals surface area contributed by atoms with Crippen molar-refractivity contribution in [3.8, 4) is 0 Å². The van der Waals surface area contributed by atoms with Crippen molar-refractivity contribution in [2.75, 3.05) is 12.0 Å². The molecule has 2 rings (SSSR count). The van der Waals surface area contributed by atoms with Gasteiger partial charge in [-0.05, 0) is 6.07 Å². The van der Waals surface area contributed by atoms with Crippen molar-refractivity contribution in [3.05, 3.63) is 33.9 Å². The molecule has 7 nitrogen and oxygen atoms in total. The first-order valence-electron chi connectivity index (χ1n) is 5.52. The number of hydrogen-bond donors (Lipinski definition) is 3. The average molecular weight is 334 g/mol. The molecule has 0 saturated heterocycles. The molecule has 0 amide bonds. The van der Waals surface area contributed by atoms with Crippen molar-refractivity contribution in [1.29, 1.82) is 0 Å². The van der Waals surface area contributed by atoms with Crippen molar-refractivity contribution in [2.24, 2.45) is 5.84 Å². The van der Waals surface area contributed by atoms with Crippen molar-refractivity contribution >= 4 is 38.8 Å². The minimum atomic E-state index is -3.65. The number of pyridine rings is 1. The second-order valence-electron chi connectivity index (χ2n) is 3.77. The number of aromatic nitrogens is 2. The van der Waals surface area contributed by atoms with Crippen molar-refractivity contribution in [3.63, 3.8) is 0 Å².